The van der Waals surface area contributed by atoms with Crippen LogP contribution in [0.4, 0.5) is 15.9 Å². The molecular formula is C19H18FN3O3. The normalized spacial score (nSPS) is 10.8. The quantitative estimate of drug-likeness (QED) is 0.727. The number of esters is 1. The number of hydrogen-bond acceptors (Lipinski definition) is 5. The summed E-state index contributed by atoms with van der Waals surface area (Å²) in [5.41, 5.74) is 0.851. The highest BCUT2D eigenvalue weighted by Crippen LogP contribution is 2.27. The van der Waals surface area contributed by atoms with Gasteiger partial charge in [0.2, 0.25) is 0 Å². The molecule has 26 heavy (non-hydrogen) atoms. The van der Waals surface area contributed by atoms with E-state index in [2.05, 4.69) is 10.3 Å². The van der Waals surface area contributed by atoms with Gasteiger partial charge >= 0.3 is 5.97 Å². The fourth-order valence-corrected chi connectivity index (χ4v) is 2.73. The Labute approximate surface area is 149 Å². The Kier molecular flexibility index (Phi) is 4.71. The number of anilines is 2. The third-order valence-electron chi connectivity index (χ3n) is 4.01. The Morgan fingerprint density at radius 3 is 2.81 bits per heavy atom. The van der Waals surface area contributed by atoms with Crippen molar-refractivity contribution in [1.29, 1.82) is 0 Å². The molecule has 2 aromatic heterocycles. The van der Waals surface area contributed by atoms with Crippen molar-refractivity contribution in [2.45, 2.75) is 13.8 Å². The molecule has 0 atom stereocenters. The second-order valence-corrected chi connectivity index (χ2v) is 5.82. The molecule has 0 radical (unpaired) electrons. The maximum atomic E-state index is 14.3. The maximum Gasteiger partial charge on any atom is 0.344 e. The van der Waals surface area contributed by atoms with Crippen LogP contribution in [0, 0.1) is 12.7 Å². The summed E-state index contributed by atoms with van der Waals surface area (Å²) in [7, 11) is 1.51. The van der Waals surface area contributed by atoms with Crippen molar-refractivity contribution < 1.29 is 13.9 Å². The number of benzene rings is 1. The molecular weight excluding hydrogens is 337 g/mol. The van der Waals surface area contributed by atoms with Crippen LogP contribution in [0.3, 0.4) is 0 Å². The summed E-state index contributed by atoms with van der Waals surface area (Å²) < 4.78 is 20.7. The molecule has 0 bridgehead atoms. The van der Waals surface area contributed by atoms with Gasteiger partial charge in [0.15, 0.2) is 0 Å². The number of rotatable bonds is 4. The lowest BCUT2D eigenvalue weighted by Gasteiger charge is -2.17. The van der Waals surface area contributed by atoms with Crippen molar-refractivity contribution in [3.63, 3.8) is 0 Å². The minimum atomic E-state index is -0.637. The molecule has 0 saturated heterocycles. The molecule has 1 N–H and O–H groups in total. The topological polar surface area (TPSA) is 73.2 Å². The molecule has 0 spiro atoms. The van der Waals surface area contributed by atoms with E-state index in [0.717, 1.165) is 5.56 Å². The van der Waals surface area contributed by atoms with E-state index in [1.807, 2.05) is 0 Å². The van der Waals surface area contributed by atoms with Crippen LogP contribution in [0.15, 0.2) is 41.3 Å². The molecule has 0 amide bonds. The average molecular weight is 355 g/mol. The summed E-state index contributed by atoms with van der Waals surface area (Å²) in [5, 5.41) is 3.14. The van der Waals surface area contributed by atoms with E-state index in [0.29, 0.717) is 0 Å². The Morgan fingerprint density at radius 1 is 1.35 bits per heavy atom. The minimum absolute atomic E-state index is 0.0875. The number of nitrogens with zero attached hydrogens (tertiary/aromatic N) is 2. The largest absolute Gasteiger partial charge is 0.462 e. The van der Waals surface area contributed by atoms with E-state index < -0.39 is 11.8 Å². The van der Waals surface area contributed by atoms with Gasteiger partial charge in [-0.25, -0.2) is 9.18 Å². The highest BCUT2D eigenvalue weighted by Gasteiger charge is 2.23. The smallest absolute Gasteiger partial charge is 0.344 e. The summed E-state index contributed by atoms with van der Waals surface area (Å²) in [6.07, 6.45) is 1.49. The lowest BCUT2D eigenvalue weighted by atomic mass is 10.1. The summed E-state index contributed by atoms with van der Waals surface area (Å²) >= 11 is 0. The van der Waals surface area contributed by atoms with Crippen molar-refractivity contribution in [2.24, 2.45) is 7.05 Å². The zero-order chi connectivity index (χ0) is 18.8. The fourth-order valence-electron chi connectivity index (χ4n) is 2.73. The minimum Gasteiger partial charge on any atom is -0.462 e. The summed E-state index contributed by atoms with van der Waals surface area (Å²) in [6.45, 7) is 3.61. The number of aromatic nitrogens is 2. The molecule has 1 aromatic carbocycles. The molecule has 134 valence electrons. The second-order valence-electron chi connectivity index (χ2n) is 5.82. The first kappa shape index (κ1) is 17.6. The number of fused-ring (bicyclic) bond motifs is 1. The van der Waals surface area contributed by atoms with E-state index in [1.165, 1.54) is 23.9 Å². The van der Waals surface area contributed by atoms with E-state index in [9.17, 15) is 14.0 Å². The Balaban J connectivity index is 2.29. The first-order valence-corrected chi connectivity index (χ1v) is 8.12. The van der Waals surface area contributed by atoms with Crippen LogP contribution in [-0.4, -0.2) is 22.1 Å². The molecule has 0 aliphatic carbocycles. The van der Waals surface area contributed by atoms with E-state index in [1.54, 1.807) is 38.1 Å². The summed E-state index contributed by atoms with van der Waals surface area (Å²) in [5.74, 6) is -1.00. The van der Waals surface area contributed by atoms with Crippen LogP contribution in [0.1, 0.15) is 22.8 Å². The van der Waals surface area contributed by atoms with Crippen molar-refractivity contribution in [1.82, 2.24) is 9.55 Å². The Hall–Kier alpha value is -3.22. The van der Waals surface area contributed by atoms with Gasteiger partial charge in [0.25, 0.3) is 5.56 Å². The lowest BCUT2D eigenvalue weighted by molar-refractivity contribution is 0.0529. The average Bonchev–Trinajstić information content (AvgIpc) is 2.61. The second kappa shape index (κ2) is 6.95. The number of aryl methyl sites for hydroxylation is 1. The zero-order valence-corrected chi connectivity index (χ0v) is 14.7. The van der Waals surface area contributed by atoms with Gasteiger partial charge in [-0.15, -0.1) is 0 Å². The number of halogens is 1. The first-order chi connectivity index (χ1) is 12.4. The summed E-state index contributed by atoms with van der Waals surface area (Å²) in [4.78, 5) is 29.4. The van der Waals surface area contributed by atoms with Gasteiger partial charge < -0.3 is 10.1 Å². The van der Waals surface area contributed by atoms with Crippen LogP contribution in [0.2, 0.25) is 0 Å². The predicted octanol–water partition coefficient (Wildman–Crippen LogP) is 3.30. The molecule has 3 rings (SSSR count). The SMILES string of the molecule is CCOC(=O)c1c(Nc2ccc(C)cc2F)n(C)c(=O)c2cccnc12. The van der Waals surface area contributed by atoms with Crippen LogP contribution in [-0.2, 0) is 11.8 Å². The highest BCUT2D eigenvalue weighted by atomic mass is 19.1. The van der Waals surface area contributed by atoms with Gasteiger partial charge in [0, 0.05) is 13.2 Å². The van der Waals surface area contributed by atoms with E-state index in [-0.39, 0.29) is 40.1 Å². The zero-order valence-electron chi connectivity index (χ0n) is 14.7. The molecule has 6 nitrogen and oxygen atoms in total. The molecule has 3 aromatic rings. The van der Waals surface area contributed by atoms with Crippen LogP contribution in [0.5, 0.6) is 0 Å². The van der Waals surface area contributed by atoms with Gasteiger partial charge in [0.05, 0.1) is 23.2 Å². The molecule has 0 fully saturated rings. The lowest BCUT2D eigenvalue weighted by Crippen LogP contribution is -2.24. The van der Waals surface area contributed by atoms with Crippen molar-refractivity contribution in [3.05, 3.63) is 63.8 Å². The Bertz CT molecular complexity index is 1060. The van der Waals surface area contributed by atoms with Crippen LogP contribution < -0.4 is 10.9 Å². The standard InChI is InChI=1S/C19H18FN3O3/c1-4-26-19(25)15-16-12(6-5-9-21-16)18(24)23(3)17(15)22-14-8-7-11(2)10-13(14)20/h5-10,22H,4H2,1-3H3. The Morgan fingerprint density at radius 2 is 2.12 bits per heavy atom. The number of carbonyl (C=O) groups excluding carboxylic acids is 1. The van der Waals surface area contributed by atoms with Gasteiger partial charge in [-0.3, -0.25) is 14.3 Å². The predicted molar refractivity (Wildman–Crippen MR) is 97.4 cm³/mol. The molecule has 0 saturated carbocycles. The van der Waals surface area contributed by atoms with Crippen molar-refractivity contribution >= 4 is 28.4 Å². The molecule has 2 heterocycles. The molecule has 0 aliphatic heterocycles. The molecule has 7 heteroatoms. The number of hydrogen-bond donors (Lipinski definition) is 1. The van der Waals surface area contributed by atoms with Crippen molar-refractivity contribution in [2.75, 3.05) is 11.9 Å². The van der Waals surface area contributed by atoms with Gasteiger partial charge in [0.1, 0.15) is 17.2 Å². The van der Waals surface area contributed by atoms with Crippen LogP contribution in [0.25, 0.3) is 10.9 Å². The number of pyridine rings is 2. The first-order valence-electron chi connectivity index (χ1n) is 8.12. The third kappa shape index (κ3) is 3.03. The van der Waals surface area contributed by atoms with Crippen molar-refractivity contribution in [3.8, 4) is 0 Å². The maximum absolute atomic E-state index is 14.3. The van der Waals surface area contributed by atoms with Gasteiger partial charge in [-0.1, -0.05) is 6.07 Å². The van der Waals surface area contributed by atoms with E-state index >= 15 is 0 Å². The molecule has 0 unspecified atom stereocenters. The van der Waals surface area contributed by atoms with Crippen LogP contribution >= 0.6 is 0 Å². The molecule has 0 aliphatic rings. The van der Waals surface area contributed by atoms with Gasteiger partial charge in [-0.05, 0) is 43.7 Å². The number of nitrogens with one attached hydrogen (secondary N) is 1. The summed E-state index contributed by atoms with van der Waals surface area (Å²) in [6, 6.07) is 7.85. The van der Waals surface area contributed by atoms with Gasteiger partial charge in [-0.2, -0.15) is 0 Å². The van der Waals surface area contributed by atoms with E-state index in [4.69, 9.17) is 4.74 Å². The highest BCUT2D eigenvalue weighted by molar-refractivity contribution is 6.07. The monoisotopic (exact) mass is 355 g/mol. The fraction of sp³-hybridized carbons (Fsp3) is 0.211. The number of carbonyl (C=O) groups is 1. The third-order valence-corrected chi connectivity index (χ3v) is 4.01. The number of ether oxygens (including phenoxy) is 1.